The first-order valence-corrected chi connectivity index (χ1v) is 8.54. The van der Waals surface area contributed by atoms with E-state index in [2.05, 4.69) is 5.32 Å². The largest absolute Gasteiger partial charge is 0.481 e. The van der Waals surface area contributed by atoms with Crippen LogP contribution in [0.25, 0.3) is 0 Å². The Labute approximate surface area is 139 Å². The average Bonchev–Trinajstić information content (AvgIpc) is 2.46. The van der Waals surface area contributed by atoms with Crippen molar-refractivity contribution in [3.05, 3.63) is 53.6 Å². The number of hydrogen-bond acceptors (Lipinski definition) is 4. The molecule has 0 bridgehead atoms. The lowest BCUT2D eigenvalue weighted by atomic mass is 10.3. The van der Waals surface area contributed by atoms with Gasteiger partial charge < -0.3 is 10.1 Å². The summed E-state index contributed by atoms with van der Waals surface area (Å²) < 4.78 is 27.8. The highest BCUT2D eigenvalue weighted by Crippen LogP contribution is 2.19. The van der Waals surface area contributed by atoms with Crippen LogP contribution in [0.4, 0.5) is 5.69 Å². The van der Waals surface area contributed by atoms with Crippen molar-refractivity contribution in [1.29, 1.82) is 0 Å². The number of halogens is 1. The molecule has 8 heteroatoms. The van der Waals surface area contributed by atoms with Crippen LogP contribution >= 0.6 is 11.6 Å². The highest BCUT2D eigenvalue weighted by atomic mass is 35.5. The highest BCUT2D eigenvalue weighted by molar-refractivity contribution is 7.89. The van der Waals surface area contributed by atoms with Crippen molar-refractivity contribution in [3.8, 4) is 5.75 Å². The van der Waals surface area contributed by atoms with Crippen LogP contribution in [0.5, 0.6) is 5.75 Å². The smallest absolute Gasteiger partial charge is 0.265 e. The Hall–Kier alpha value is -2.09. The van der Waals surface area contributed by atoms with Gasteiger partial charge in [0.15, 0.2) is 6.10 Å². The van der Waals surface area contributed by atoms with Gasteiger partial charge in [-0.1, -0.05) is 17.7 Å². The fraction of sp³-hybridized carbons (Fsp3) is 0.133. The second-order valence-electron chi connectivity index (χ2n) is 4.78. The molecule has 122 valence electrons. The average molecular weight is 355 g/mol. The van der Waals surface area contributed by atoms with Gasteiger partial charge in [-0.3, -0.25) is 4.79 Å². The van der Waals surface area contributed by atoms with Crippen LogP contribution in [0.15, 0.2) is 53.4 Å². The number of rotatable bonds is 5. The van der Waals surface area contributed by atoms with E-state index < -0.39 is 16.1 Å². The number of benzene rings is 2. The Balaban J connectivity index is 2.01. The second-order valence-corrected chi connectivity index (χ2v) is 6.77. The Morgan fingerprint density at radius 3 is 2.43 bits per heavy atom. The van der Waals surface area contributed by atoms with Gasteiger partial charge in [0.2, 0.25) is 10.0 Å². The third kappa shape index (κ3) is 4.95. The number of carbonyl (C=O) groups excluding carboxylic acids is 1. The fourth-order valence-corrected chi connectivity index (χ4v) is 2.47. The predicted molar refractivity (Wildman–Crippen MR) is 88.0 cm³/mol. The summed E-state index contributed by atoms with van der Waals surface area (Å²) in [6.07, 6.45) is -0.758. The number of primary sulfonamides is 1. The molecule has 0 radical (unpaired) electrons. The van der Waals surface area contributed by atoms with Gasteiger partial charge in [0, 0.05) is 10.7 Å². The maximum absolute atomic E-state index is 12.1. The number of ether oxygens (including phenoxy) is 1. The Kier molecular flexibility index (Phi) is 5.25. The second kappa shape index (κ2) is 6.99. The molecule has 0 spiro atoms. The monoisotopic (exact) mass is 354 g/mol. The van der Waals surface area contributed by atoms with Crippen LogP contribution in [-0.2, 0) is 14.8 Å². The van der Waals surface area contributed by atoms with Crippen molar-refractivity contribution in [2.45, 2.75) is 17.9 Å². The number of amides is 1. The minimum atomic E-state index is -3.76. The number of anilines is 1. The van der Waals surface area contributed by atoms with Crippen molar-refractivity contribution in [2.75, 3.05) is 5.32 Å². The summed E-state index contributed by atoms with van der Waals surface area (Å²) in [5.41, 5.74) is 0.434. The van der Waals surface area contributed by atoms with Gasteiger partial charge in [-0.15, -0.1) is 0 Å². The molecular formula is C15H15ClN2O4S. The SMILES string of the molecule is C[C@H](Oc1cccc(Cl)c1)C(=O)Nc1ccc(S(N)(=O)=O)cc1. The van der Waals surface area contributed by atoms with E-state index in [0.717, 1.165) is 0 Å². The Morgan fingerprint density at radius 2 is 1.87 bits per heavy atom. The number of nitrogens with two attached hydrogens (primary N) is 1. The number of hydrogen-bond donors (Lipinski definition) is 2. The fourth-order valence-electron chi connectivity index (χ4n) is 1.77. The molecule has 0 aliphatic heterocycles. The summed E-state index contributed by atoms with van der Waals surface area (Å²) in [7, 11) is -3.76. The zero-order valence-electron chi connectivity index (χ0n) is 12.2. The topological polar surface area (TPSA) is 98.5 Å². The van der Waals surface area contributed by atoms with Gasteiger partial charge in [-0.25, -0.2) is 13.6 Å². The minimum Gasteiger partial charge on any atom is -0.481 e. The van der Waals surface area contributed by atoms with Gasteiger partial charge in [-0.05, 0) is 49.4 Å². The summed E-state index contributed by atoms with van der Waals surface area (Å²) in [6, 6.07) is 12.2. The van der Waals surface area contributed by atoms with Crippen molar-refractivity contribution >= 4 is 33.2 Å². The molecule has 6 nitrogen and oxygen atoms in total. The van der Waals surface area contributed by atoms with Gasteiger partial charge >= 0.3 is 0 Å². The Morgan fingerprint density at radius 1 is 1.22 bits per heavy atom. The van der Waals surface area contributed by atoms with Crippen LogP contribution in [-0.4, -0.2) is 20.4 Å². The quantitative estimate of drug-likeness (QED) is 0.861. The van der Waals surface area contributed by atoms with Gasteiger partial charge in [0.05, 0.1) is 4.90 Å². The summed E-state index contributed by atoms with van der Waals surface area (Å²) in [5, 5.41) is 8.14. The molecule has 0 aromatic heterocycles. The van der Waals surface area contributed by atoms with E-state index in [-0.39, 0.29) is 10.8 Å². The van der Waals surface area contributed by atoms with Crippen LogP contribution in [0.3, 0.4) is 0 Å². The van der Waals surface area contributed by atoms with Crippen molar-refractivity contribution in [3.63, 3.8) is 0 Å². The van der Waals surface area contributed by atoms with Crippen LogP contribution in [0.1, 0.15) is 6.92 Å². The zero-order valence-corrected chi connectivity index (χ0v) is 13.8. The van der Waals surface area contributed by atoms with Gasteiger partial charge in [0.1, 0.15) is 5.75 Å². The molecule has 0 saturated carbocycles. The molecule has 2 aromatic carbocycles. The molecule has 3 N–H and O–H groups in total. The van der Waals surface area contributed by atoms with E-state index in [1.165, 1.54) is 24.3 Å². The summed E-state index contributed by atoms with van der Waals surface area (Å²) in [5.74, 6) is 0.0954. The number of nitrogens with one attached hydrogen (secondary N) is 1. The summed E-state index contributed by atoms with van der Waals surface area (Å²) in [6.45, 7) is 1.59. The molecule has 0 heterocycles. The lowest BCUT2D eigenvalue weighted by molar-refractivity contribution is -0.122. The van der Waals surface area contributed by atoms with Gasteiger partial charge in [-0.2, -0.15) is 0 Å². The van der Waals surface area contributed by atoms with E-state index in [1.54, 1.807) is 31.2 Å². The van der Waals surface area contributed by atoms with E-state index in [4.69, 9.17) is 21.5 Å². The number of carbonyl (C=O) groups is 1. The minimum absolute atomic E-state index is 0.0290. The molecule has 0 saturated heterocycles. The van der Waals surface area contributed by atoms with E-state index in [0.29, 0.717) is 16.5 Å². The maximum Gasteiger partial charge on any atom is 0.265 e. The standard InChI is InChI=1S/C15H15ClN2O4S/c1-10(22-13-4-2-3-11(16)9-13)15(19)18-12-5-7-14(8-6-12)23(17,20)21/h2-10H,1H3,(H,18,19)(H2,17,20,21)/t10-/m0/s1. The normalized spacial score (nSPS) is 12.5. The summed E-state index contributed by atoms with van der Waals surface area (Å²) in [4.78, 5) is 12.0. The van der Waals surface area contributed by atoms with E-state index >= 15 is 0 Å². The number of sulfonamides is 1. The van der Waals surface area contributed by atoms with Gasteiger partial charge in [0.25, 0.3) is 5.91 Å². The van der Waals surface area contributed by atoms with Crippen LogP contribution in [0, 0.1) is 0 Å². The molecule has 1 amide bonds. The summed E-state index contributed by atoms with van der Waals surface area (Å²) >= 11 is 5.85. The predicted octanol–water partition coefficient (Wildman–Crippen LogP) is 2.39. The first kappa shape index (κ1) is 17.3. The van der Waals surface area contributed by atoms with Crippen LogP contribution in [0.2, 0.25) is 5.02 Å². The molecule has 23 heavy (non-hydrogen) atoms. The third-order valence-corrected chi connectivity index (χ3v) is 4.09. The molecular weight excluding hydrogens is 340 g/mol. The maximum atomic E-state index is 12.1. The zero-order chi connectivity index (χ0) is 17.0. The first-order valence-electron chi connectivity index (χ1n) is 6.61. The van der Waals surface area contributed by atoms with Crippen molar-refractivity contribution in [1.82, 2.24) is 0 Å². The lowest BCUT2D eigenvalue weighted by Crippen LogP contribution is -2.30. The molecule has 0 aliphatic rings. The molecule has 2 aromatic rings. The lowest BCUT2D eigenvalue weighted by Gasteiger charge is -2.15. The Bertz CT molecular complexity index is 806. The van der Waals surface area contributed by atoms with Crippen LogP contribution < -0.4 is 15.2 Å². The molecule has 1 atom stereocenters. The van der Waals surface area contributed by atoms with E-state index in [1.807, 2.05) is 0 Å². The molecule has 0 aliphatic carbocycles. The molecule has 0 unspecified atom stereocenters. The molecule has 2 rings (SSSR count). The van der Waals surface area contributed by atoms with Crippen molar-refractivity contribution < 1.29 is 17.9 Å². The first-order chi connectivity index (χ1) is 10.8. The van der Waals surface area contributed by atoms with Crippen molar-refractivity contribution in [2.24, 2.45) is 5.14 Å². The molecule has 0 fully saturated rings. The highest BCUT2D eigenvalue weighted by Gasteiger charge is 2.15. The van der Waals surface area contributed by atoms with E-state index in [9.17, 15) is 13.2 Å². The third-order valence-electron chi connectivity index (χ3n) is 2.93.